The standard InChI is InChI=1S/C11H24N2/c1-9(2)12-10-7-5-6-8-11(10)13(3)4/h9-12H,5-8H2,1-4H3/t10-,11+/m0/s1. The van der Waals surface area contributed by atoms with E-state index in [9.17, 15) is 0 Å². The molecule has 0 aromatic carbocycles. The molecule has 0 heterocycles. The normalized spacial score (nSPS) is 30.0. The quantitative estimate of drug-likeness (QED) is 0.720. The Labute approximate surface area is 82.7 Å². The average Bonchev–Trinajstić information content (AvgIpc) is 2.03. The molecule has 1 fully saturated rings. The van der Waals surface area contributed by atoms with Crippen molar-refractivity contribution < 1.29 is 0 Å². The van der Waals surface area contributed by atoms with Gasteiger partial charge in [0.15, 0.2) is 0 Å². The van der Waals surface area contributed by atoms with Crippen molar-refractivity contribution in [2.75, 3.05) is 14.1 Å². The van der Waals surface area contributed by atoms with Crippen LogP contribution in [0.5, 0.6) is 0 Å². The number of hydrogen-bond acceptors (Lipinski definition) is 2. The lowest BCUT2D eigenvalue weighted by molar-refractivity contribution is 0.170. The second kappa shape index (κ2) is 4.97. The highest BCUT2D eigenvalue weighted by atomic mass is 15.1. The van der Waals surface area contributed by atoms with Crippen LogP contribution in [0.15, 0.2) is 0 Å². The van der Waals surface area contributed by atoms with Crippen molar-refractivity contribution in [1.82, 2.24) is 10.2 Å². The summed E-state index contributed by atoms with van der Waals surface area (Å²) in [7, 11) is 4.40. The fourth-order valence-electron chi connectivity index (χ4n) is 2.35. The summed E-state index contributed by atoms with van der Waals surface area (Å²) in [5, 5.41) is 3.67. The molecular formula is C11H24N2. The minimum Gasteiger partial charge on any atom is -0.310 e. The molecule has 2 atom stereocenters. The van der Waals surface area contributed by atoms with Gasteiger partial charge in [-0.1, -0.05) is 26.7 Å². The Morgan fingerprint density at radius 3 is 2.31 bits per heavy atom. The zero-order valence-corrected chi connectivity index (χ0v) is 9.51. The van der Waals surface area contributed by atoms with E-state index < -0.39 is 0 Å². The molecule has 0 bridgehead atoms. The van der Waals surface area contributed by atoms with Gasteiger partial charge >= 0.3 is 0 Å². The maximum atomic E-state index is 3.67. The zero-order valence-electron chi connectivity index (χ0n) is 9.51. The minimum atomic E-state index is 0.616. The summed E-state index contributed by atoms with van der Waals surface area (Å²) in [5.41, 5.74) is 0. The SMILES string of the molecule is CC(C)N[C@H]1CCCC[C@H]1N(C)C. The van der Waals surface area contributed by atoms with Crippen LogP contribution in [-0.2, 0) is 0 Å². The zero-order chi connectivity index (χ0) is 9.84. The topological polar surface area (TPSA) is 15.3 Å². The minimum absolute atomic E-state index is 0.616. The van der Waals surface area contributed by atoms with Crippen molar-refractivity contribution in [3.63, 3.8) is 0 Å². The summed E-state index contributed by atoms with van der Waals surface area (Å²) in [5.74, 6) is 0. The van der Waals surface area contributed by atoms with Gasteiger partial charge in [0.2, 0.25) is 0 Å². The average molecular weight is 184 g/mol. The summed E-state index contributed by atoms with van der Waals surface area (Å²) in [6.45, 7) is 4.47. The van der Waals surface area contributed by atoms with Crippen LogP contribution in [-0.4, -0.2) is 37.1 Å². The third-order valence-corrected chi connectivity index (χ3v) is 2.94. The van der Waals surface area contributed by atoms with Crippen LogP contribution >= 0.6 is 0 Å². The first-order valence-corrected chi connectivity index (χ1v) is 5.53. The molecule has 0 aromatic heterocycles. The van der Waals surface area contributed by atoms with Gasteiger partial charge in [0.25, 0.3) is 0 Å². The molecule has 0 saturated heterocycles. The molecule has 0 aromatic rings. The second-order valence-electron chi connectivity index (χ2n) is 4.74. The maximum absolute atomic E-state index is 3.67. The van der Waals surface area contributed by atoms with E-state index in [-0.39, 0.29) is 0 Å². The predicted octanol–water partition coefficient (Wildman–Crippen LogP) is 1.86. The Morgan fingerprint density at radius 2 is 1.77 bits per heavy atom. The van der Waals surface area contributed by atoms with Gasteiger partial charge < -0.3 is 10.2 Å². The molecule has 0 spiro atoms. The largest absolute Gasteiger partial charge is 0.310 e. The lowest BCUT2D eigenvalue weighted by Crippen LogP contribution is -2.51. The van der Waals surface area contributed by atoms with Crippen LogP contribution < -0.4 is 5.32 Å². The third-order valence-electron chi connectivity index (χ3n) is 2.94. The maximum Gasteiger partial charge on any atom is 0.0243 e. The first kappa shape index (κ1) is 11.0. The Hall–Kier alpha value is -0.0800. The van der Waals surface area contributed by atoms with E-state index >= 15 is 0 Å². The Morgan fingerprint density at radius 1 is 1.15 bits per heavy atom. The van der Waals surface area contributed by atoms with E-state index in [0.717, 1.165) is 6.04 Å². The smallest absolute Gasteiger partial charge is 0.0243 e. The monoisotopic (exact) mass is 184 g/mol. The van der Waals surface area contributed by atoms with Gasteiger partial charge in [-0.2, -0.15) is 0 Å². The molecule has 1 N–H and O–H groups in total. The van der Waals surface area contributed by atoms with Crippen LogP contribution in [0.25, 0.3) is 0 Å². The van der Waals surface area contributed by atoms with Gasteiger partial charge in [-0.25, -0.2) is 0 Å². The van der Waals surface area contributed by atoms with Crippen LogP contribution in [0, 0.1) is 0 Å². The van der Waals surface area contributed by atoms with Gasteiger partial charge in [-0.15, -0.1) is 0 Å². The van der Waals surface area contributed by atoms with Gasteiger partial charge in [0.1, 0.15) is 0 Å². The highest BCUT2D eigenvalue weighted by Crippen LogP contribution is 2.21. The van der Waals surface area contributed by atoms with Crippen LogP contribution in [0.2, 0.25) is 0 Å². The van der Waals surface area contributed by atoms with Gasteiger partial charge in [0, 0.05) is 18.1 Å². The second-order valence-corrected chi connectivity index (χ2v) is 4.74. The third kappa shape index (κ3) is 3.28. The lowest BCUT2D eigenvalue weighted by atomic mass is 9.89. The molecule has 1 aliphatic carbocycles. The number of likely N-dealkylation sites (N-methyl/N-ethyl adjacent to an activating group) is 1. The van der Waals surface area contributed by atoms with E-state index in [1.54, 1.807) is 0 Å². The van der Waals surface area contributed by atoms with E-state index in [4.69, 9.17) is 0 Å². The van der Waals surface area contributed by atoms with Crippen molar-refractivity contribution in [3.8, 4) is 0 Å². The van der Waals surface area contributed by atoms with E-state index in [1.165, 1.54) is 25.7 Å². The van der Waals surface area contributed by atoms with E-state index in [2.05, 4.69) is 38.2 Å². The lowest BCUT2D eigenvalue weighted by Gasteiger charge is -2.37. The molecule has 0 amide bonds. The van der Waals surface area contributed by atoms with Crippen molar-refractivity contribution >= 4 is 0 Å². The molecule has 2 heteroatoms. The molecular weight excluding hydrogens is 160 g/mol. The number of nitrogens with one attached hydrogen (secondary N) is 1. The molecule has 0 unspecified atom stereocenters. The molecule has 13 heavy (non-hydrogen) atoms. The molecule has 78 valence electrons. The number of nitrogens with zero attached hydrogens (tertiary/aromatic N) is 1. The van der Waals surface area contributed by atoms with Crippen molar-refractivity contribution in [3.05, 3.63) is 0 Å². The molecule has 1 rings (SSSR count). The Bertz CT molecular complexity index is 143. The summed E-state index contributed by atoms with van der Waals surface area (Å²) in [6.07, 6.45) is 5.51. The van der Waals surface area contributed by atoms with Crippen LogP contribution in [0.3, 0.4) is 0 Å². The van der Waals surface area contributed by atoms with Crippen LogP contribution in [0.4, 0.5) is 0 Å². The molecule has 0 radical (unpaired) electrons. The molecule has 1 aliphatic rings. The van der Waals surface area contributed by atoms with Gasteiger partial charge in [0.05, 0.1) is 0 Å². The Balaban J connectivity index is 2.46. The summed E-state index contributed by atoms with van der Waals surface area (Å²) < 4.78 is 0. The highest BCUT2D eigenvalue weighted by Gasteiger charge is 2.26. The first-order chi connectivity index (χ1) is 6.11. The first-order valence-electron chi connectivity index (χ1n) is 5.53. The fourth-order valence-corrected chi connectivity index (χ4v) is 2.35. The van der Waals surface area contributed by atoms with Crippen molar-refractivity contribution in [1.29, 1.82) is 0 Å². The number of hydrogen-bond donors (Lipinski definition) is 1. The molecule has 1 saturated carbocycles. The van der Waals surface area contributed by atoms with Gasteiger partial charge in [-0.05, 0) is 26.9 Å². The Kier molecular flexibility index (Phi) is 4.20. The summed E-state index contributed by atoms with van der Waals surface area (Å²) in [6, 6.07) is 2.07. The fraction of sp³-hybridized carbons (Fsp3) is 1.00. The number of rotatable bonds is 3. The summed E-state index contributed by atoms with van der Waals surface area (Å²) >= 11 is 0. The molecule has 2 nitrogen and oxygen atoms in total. The van der Waals surface area contributed by atoms with Crippen LogP contribution in [0.1, 0.15) is 39.5 Å². The molecule has 0 aliphatic heterocycles. The van der Waals surface area contributed by atoms with E-state index in [1.807, 2.05) is 0 Å². The predicted molar refractivity (Wildman–Crippen MR) is 58.0 cm³/mol. The van der Waals surface area contributed by atoms with Crippen molar-refractivity contribution in [2.45, 2.75) is 57.7 Å². The van der Waals surface area contributed by atoms with Crippen molar-refractivity contribution in [2.24, 2.45) is 0 Å². The summed E-state index contributed by atoms with van der Waals surface area (Å²) in [4.78, 5) is 2.37. The van der Waals surface area contributed by atoms with E-state index in [0.29, 0.717) is 12.1 Å². The van der Waals surface area contributed by atoms with Gasteiger partial charge in [-0.3, -0.25) is 0 Å². The highest BCUT2D eigenvalue weighted by molar-refractivity contribution is 4.86.